The van der Waals surface area contributed by atoms with Crippen molar-refractivity contribution in [2.75, 3.05) is 39.6 Å². The molecule has 8 rings (SSSR count). The summed E-state index contributed by atoms with van der Waals surface area (Å²) in [6.45, 7) is 2.64. The summed E-state index contributed by atoms with van der Waals surface area (Å²) >= 11 is 0. The molecule has 0 unspecified atom stereocenters. The van der Waals surface area contributed by atoms with Crippen LogP contribution in [-0.2, 0) is 26.1 Å². The maximum absolute atomic E-state index is 12.9. The van der Waals surface area contributed by atoms with Crippen LogP contribution in [-0.4, -0.2) is 45.6 Å². The van der Waals surface area contributed by atoms with Crippen molar-refractivity contribution in [3.8, 4) is 16.9 Å². The number of nitrogens with zero attached hydrogens (tertiary/aromatic N) is 1. The van der Waals surface area contributed by atoms with Crippen LogP contribution in [0.1, 0.15) is 38.5 Å². The molecule has 3 aromatic carbocycles. The molecular weight excluding hydrogens is 538 g/mol. The third-order valence-electron chi connectivity index (χ3n) is 10.0. The van der Waals surface area contributed by atoms with E-state index in [-0.39, 0.29) is 11.4 Å². The number of para-hydroxylation sites is 2. The molecule has 4 aliphatic carbocycles. The van der Waals surface area contributed by atoms with E-state index in [1.54, 1.807) is 0 Å². The number of pyridine rings is 1. The van der Waals surface area contributed by atoms with Crippen LogP contribution < -0.4 is 9.30 Å². The summed E-state index contributed by atoms with van der Waals surface area (Å²) in [4.78, 5) is 12.9. The minimum absolute atomic E-state index is 0.0243. The molecule has 0 radical (unpaired) electrons. The molecule has 0 N–H and O–H groups in total. The number of carbonyl (C=O) groups is 1. The molecule has 1 aromatic heterocycles. The fourth-order valence-electron chi connectivity index (χ4n) is 8.51. The summed E-state index contributed by atoms with van der Waals surface area (Å²) in [6, 6.07) is 25.4. The van der Waals surface area contributed by atoms with Gasteiger partial charge in [-0.05, 0) is 86.1 Å². The average molecular weight is 581 g/mol. The molecule has 4 aromatic rings. The molecule has 1 heterocycles. The van der Waals surface area contributed by atoms with Crippen molar-refractivity contribution in [3.05, 3.63) is 72.8 Å². The molecule has 6 heteroatoms. The van der Waals surface area contributed by atoms with Gasteiger partial charge in [-0.15, -0.1) is 0 Å². The largest absolute Gasteiger partial charge is 0.491 e. The third-order valence-corrected chi connectivity index (χ3v) is 10.0. The number of fused-ring (bicyclic) bond motifs is 2. The number of esters is 1. The minimum Gasteiger partial charge on any atom is -0.491 e. The predicted molar refractivity (Wildman–Crippen MR) is 167 cm³/mol. The van der Waals surface area contributed by atoms with E-state index in [0.29, 0.717) is 39.6 Å². The number of aromatic nitrogens is 1. The van der Waals surface area contributed by atoms with Gasteiger partial charge in [-0.3, -0.25) is 4.79 Å². The highest BCUT2D eigenvalue weighted by atomic mass is 16.6. The quantitative estimate of drug-likeness (QED) is 0.0812. The number of hydrogen-bond donors (Lipinski definition) is 0. The third kappa shape index (κ3) is 5.75. The fraction of sp³-hybridized carbons (Fsp3) is 0.459. The Morgan fingerprint density at radius 3 is 1.79 bits per heavy atom. The van der Waals surface area contributed by atoms with Gasteiger partial charge in [-0.1, -0.05) is 36.4 Å². The maximum Gasteiger partial charge on any atom is 0.312 e. The van der Waals surface area contributed by atoms with Crippen LogP contribution in [0.25, 0.3) is 32.9 Å². The van der Waals surface area contributed by atoms with Crippen LogP contribution in [0.5, 0.6) is 5.75 Å². The Balaban J connectivity index is 0.827. The van der Waals surface area contributed by atoms with Gasteiger partial charge in [-0.25, -0.2) is 0 Å². The van der Waals surface area contributed by atoms with Crippen molar-refractivity contribution in [2.45, 2.75) is 38.5 Å². The van der Waals surface area contributed by atoms with Gasteiger partial charge < -0.3 is 18.9 Å². The molecular formula is C37H42NO5+. The Morgan fingerprint density at radius 2 is 1.21 bits per heavy atom. The normalized spacial score (nSPS) is 24.1. The lowest BCUT2D eigenvalue weighted by molar-refractivity contribution is -0.617. The monoisotopic (exact) mass is 580 g/mol. The topological polar surface area (TPSA) is 57.9 Å². The second-order valence-electron chi connectivity index (χ2n) is 12.9. The molecule has 0 atom stereocenters. The van der Waals surface area contributed by atoms with Gasteiger partial charge in [0, 0.05) is 17.7 Å². The Hall–Kier alpha value is -3.48. The van der Waals surface area contributed by atoms with Crippen LogP contribution >= 0.6 is 0 Å². The average Bonchev–Trinajstić information content (AvgIpc) is 3.02. The summed E-state index contributed by atoms with van der Waals surface area (Å²) in [6.07, 6.45) is 7.11. The first kappa shape index (κ1) is 28.3. The van der Waals surface area contributed by atoms with Gasteiger partial charge in [0.25, 0.3) is 0 Å². The van der Waals surface area contributed by atoms with Gasteiger partial charge in [0.15, 0.2) is 0 Å². The zero-order chi connectivity index (χ0) is 29.2. The van der Waals surface area contributed by atoms with Crippen LogP contribution in [0.2, 0.25) is 0 Å². The van der Waals surface area contributed by atoms with Gasteiger partial charge in [0.1, 0.15) is 26.0 Å². The number of aryl methyl sites for hydroxylation is 1. The van der Waals surface area contributed by atoms with E-state index >= 15 is 0 Å². The highest BCUT2D eigenvalue weighted by Crippen LogP contribution is 2.60. The van der Waals surface area contributed by atoms with Crippen LogP contribution in [0.3, 0.4) is 0 Å². The van der Waals surface area contributed by atoms with E-state index in [4.69, 9.17) is 18.9 Å². The Bertz CT molecular complexity index is 1500. The van der Waals surface area contributed by atoms with E-state index in [9.17, 15) is 4.79 Å². The summed E-state index contributed by atoms with van der Waals surface area (Å²) in [5.74, 6) is 3.08. The van der Waals surface area contributed by atoms with E-state index in [1.165, 1.54) is 46.6 Å². The lowest BCUT2D eigenvalue weighted by Gasteiger charge is -2.55. The molecule has 4 fully saturated rings. The Kier molecular flexibility index (Phi) is 8.07. The highest BCUT2D eigenvalue weighted by Gasteiger charge is 2.55. The molecule has 0 spiro atoms. The molecule has 0 saturated heterocycles. The first-order valence-electron chi connectivity index (χ1n) is 15.9. The number of hydrogen-bond acceptors (Lipinski definition) is 5. The lowest BCUT2D eigenvalue weighted by atomic mass is 9.49. The van der Waals surface area contributed by atoms with E-state index < -0.39 is 0 Å². The molecule has 0 aliphatic heterocycles. The zero-order valence-corrected chi connectivity index (χ0v) is 25.1. The van der Waals surface area contributed by atoms with Crippen molar-refractivity contribution in [2.24, 2.45) is 30.2 Å². The second-order valence-corrected chi connectivity index (χ2v) is 12.9. The molecule has 224 valence electrons. The molecule has 4 bridgehead atoms. The summed E-state index contributed by atoms with van der Waals surface area (Å²) in [5, 5.41) is 2.46. The lowest BCUT2D eigenvalue weighted by Crippen LogP contribution is -2.50. The highest BCUT2D eigenvalue weighted by molar-refractivity contribution is 6.07. The maximum atomic E-state index is 12.9. The summed E-state index contributed by atoms with van der Waals surface area (Å²) in [5.41, 5.74) is 4.62. The molecule has 0 amide bonds. The van der Waals surface area contributed by atoms with Gasteiger partial charge in [0.2, 0.25) is 11.0 Å². The summed E-state index contributed by atoms with van der Waals surface area (Å²) in [7, 11) is 2.12. The predicted octanol–water partition coefficient (Wildman–Crippen LogP) is 6.66. The first-order valence-corrected chi connectivity index (χ1v) is 15.9. The smallest absolute Gasteiger partial charge is 0.312 e. The molecule has 43 heavy (non-hydrogen) atoms. The molecule has 4 aliphatic rings. The van der Waals surface area contributed by atoms with Gasteiger partial charge in [0.05, 0.1) is 42.6 Å². The second kappa shape index (κ2) is 12.3. The van der Waals surface area contributed by atoms with Crippen LogP contribution in [0.15, 0.2) is 72.8 Å². The SMILES string of the molecule is C[n+]1c2ccccc2c(-c2ccc(OCCOCCOCCOC(=O)C34CC5CC(CC(C5)C3)C4)cc2)c2ccccc21. The van der Waals surface area contributed by atoms with Gasteiger partial charge in [-0.2, -0.15) is 4.57 Å². The molecule has 6 nitrogen and oxygen atoms in total. The number of benzene rings is 3. The minimum atomic E-state index is -0.194. The Morgan fingerprint density at radius 1 is 0.698 bits per heavy atom. The number of rotatable bonds is 12. The fourth-order valence-corrected chi connectivity index (χ4v) is 8.51. The first-order chi connectivity index (χ1) is 21.1. The van der Waals surface area contributed by atoms with E-state index in [0.717, 1.165) is 48.3 Å². The van der Waals surface area contributed by atoms with Crippen molar-refractivity contribution in [1.29, 1.82) is 0 Å². The van der Waals surface area contributed by atoms with E-state index in [2.05, 4.69) is 72.3 Å². The van der Waals surface area contributed by atoms with Crippen LogP contribution in [0.4, 0.5) is 0 Å². The van der Waals surface area contributed by atoms with Crippen LogP contribution in [0, 0.1) is 23.2 Å². The van der Waals surface area contributed by atoms with Gasteiger partial charge >= 0.3 is 5.97 Å². The van der Waals surface area contributed by atoms with Crippen molar-refractivity contribution in [1.82, 2.24) is 0 Å². The Labute approximate surface area is 253 Å². The zero-order valence-electron chi connectivity index (χ0n) is 25.1. The molecule has 4 saturated carbocycles. The number of ether oxygens (including phenoxy) is 4. The summed E-state index contributed by atoms with van der Waals surface area (Å²) < 4.78 is 25.2. The standard InChI is InChI=1S/C37H42NO5/c1-38-33-8-4-2-6-31(33)35(32-7-3-5-9-34(32)38)29-10-12-30(13-11-29)42-18-16-40-14-15-41-17-19-43-36(39)37-23-26-20-27(24-37)22-28(21-26)25-37/h2-13,26-28H,14-25H2,1H3/q+1. The van der Waals surface area contributed by atoms with Crippen molar-refractivity contribution in [3.63, 3.8) is 0 Å². The van der Waals surface area contributed by atoms with Crippen molar-refractivity contribution >= 4 is 27.8 Å². The van der Waals surface area contributed by atoms with E-state index in [1.807, 2.05) is 12.1 Å². The van der Waals surface area contributed by atoms with Crippen molar-refractivity contribution < 1.29 is 28.3 Å². The number of carbonyl (C=O) groups excluding carboxylic acids is 1.